The number of urea groups is 1. The lowest BCUT2D eigenvalue weighted by atomic mass is 9.88. The number of fused-ring (bicyclic) bond motifs is 1. The lowest BCUT2D eigenvalue weighted by molar-refractivity contribution is -0.134. The Bertz CT molecular complexity index is 1160. The Labute approximate surface area is 178 Å². The van der Waals surface area contributed by atoms with Crippen molar-refractivity contribution in [2.24, 2.45) is 0 Å². The maximum absolute atomic E-state index is 13.2. The van der Waals surface area contributed by atoms with Gasteiger partial charge in [-0.3, -0.25) is 14.5 Å². The Balaban J connectivity index is 1.52. The van der Waals surface area contributed by atoms with Gasteiger partial charge in [0.05, 0.1) is 0 Å². The number of imide groups is 1. The molecule has 1 aliphatic heterocycles. The number of amides is 4. The van der Waals surface area contributed by atoms with E-state index in [4.69, 9.17) is 11.6 Å². The molecule has 3 aromatic carbocycles. The third kappa shape index (κ3) is 3.50. The van der Waals surface area contributed by atoms with Gasteiger partial charge in [0, 0.05) is 11.6 Å². The number of halogens is 1. The number of hydrogen-bond acceptors (Lipinski definition) is 3. The van der Waals surface area contributed by atoms with Crippen LogP contribution in [0.5, 0.6) is 0 Å². The minimum atomic E-state index is -1.25. The fourth-order valence-electron chi connectivity index (χ4n) is 3.72. The molecule has 152 valence electrons. The lowest BCUT2D eigenvalue weighted by Crippen LogP contribution is -2.43. The van der Waals surface area contributed by atoms with Gasteiger partial charge in [-0.1, -0.05) is 72.3 Å². The molecule has 7 heteroatoms. The standard InChI is InChI=1S/C23H20ClN3O3/c1-23(18-11-6-9-15-7-2-4-10-17(15)18)21(29)27(22(30)26-23)14-20(28)25-13-16-8-3-5-12-19(16)24/h2-12H,13-14H2,1H3,(H,25,28)(H,26,30). The maximum atomic E-state index is 13.2. The van der Waals surface area contributed by atoms with E-state index < -0.39 is 23.4 Å². The second-order valence-electron chi connectivity index (χ2n) is 7.34. The molecule has 0 radical (unpaired) electrons. The van der Waals surface area contributed by atoms with Crippen LogP contribution in [0.25, 0.3) is 10.8 Å². The molecule has 1 atom stereocenters. The summed E-state index contributed by atoms with van der Waals surface area (Å²) in [5, 5.41) is 7.85. The average molecular weight is 422 g/mol. The summed E-state index contributed by atoms with van der Waals surface area (Å²) in [6.07, 6.45) is 0. The van der Waals surface area contributed by atoms with Crippen LogP contribution in [0.2, 0.25) is 5.02 Å². The van der Waals surface area contributed by atoms with Gasteiger partial charge in [-0.25, -0.2) is 4.79 Å². The molecule has 0 aliphatic carbocycles. The number of carbonyl (C=O) groups is 3. The van der Waals surface area contributed by atoms with Crippen molar-refractivity contribution >= 4 is 40.2 Å². The molecule has 1 aliphatic rings. The van der Waals surface area contributed by atoms with Crippen molar-refractivity contribution in [3.63, 3.8) is 0 Å². The number of nitrogens with one attached hydrogen (secondary N) is 2. The number of hydrogen-bond donors (Lipinski definition) is 2. The quantitative estimate of drug-likeness (QED) is 0.618. The summed E-state index contributed by atoms with van der Waals surface area (Å²) in [5.41, 5.74) is 0.198. The van der Waals surface area contributed by atoms with Crippen molar-refractivity contribution in [3.8, 4) is 0 Å². The Hall–Kier alpha value is -3.38. The molecule has 0 saturated carbocycles. The van der Waals surface area contributed by atoms with Gasteiger partial charge in [0.2, 0.25) is 5.91 Å². The van der Waals surface area contributed by atoms with Gasteiger partial charge in [-0.2, -0.15) is 0 Å². The van der Waals surface area contributed by atoms with Crippen LogP contribution in [-0.2, 0) is 21.7 Å². The van der Waals surface area contributed by atoms with Crippen molar-refractivity contribution in [2.45, 2.75) is 19.0 Å². The van der Waals surface area contributed by atoms with E-state index in [0.29, 0.717) is 10.6 Å². The molecule has 1 unspecified atom stereocenters. The van der Waals surface area contributed by atoms with Crippen LogP contribution >= 0.6 is 11.6 Å². The molecule has 3 aromatic rings. The molecule has 2 N–H and O–H groups in total. The van der Waals surface area contributed by atoms with Gasteiger partial charge < -0.3 is 10.6 Å². The zero-order chi connectivity index (χ0) is 21.3. The average Bonchev–Trinajstić information content (AvgIpc) is 2.96. The van der Waals surface area contributed by atoms with Crippen LogP contribution in [0.3, 0.4) is 0 Å². The summed E-state index contributed by atoms with van der Waals surface area (Å²) in [4.78, 5) is 39.1. The molecule has 0 spiro atoms. The number of rotatable bonds is 5. The predicted molar refractivity (Wildman–Crippen MR) is 115 cm³/mol. The van der Waals surface area contributed by atoms with Crippen LogP contribution in [0.4, 0.5) is 4.79 Å². The fourth-order valence-corrected chi connectivity index (χ4v) is 3.92. The van der Waals surface area contributed by atoms with Crippen LogP contribution in [0.15, 0.2) is 66.7 Å². The largest absolute Gasteiger partial charge is 0.350 e. The van der Waals surface area contributed by atoms with E-state index in [9.17, 15) is 14.4 Å². The third-order valence-corrected chi connectivity index (χ3v) is 5.71. The second kappa shape index (κ2) is 7.80. The van der Waals surface area contributed by atoms with Gasteiger partial charge in [-0.15, -0.1) is 0 Å². The summed E-state index contributed by atoms with van der Waals surface area (Å²) >= 11 is 6.10. The first-order chi connectivity index (χ1) is 14.4. The minimum absolute atomic E-state index is 0.211. The molecule has 0 bridgehead atoms. The normalized spacial score (nSPS) is 18.5. The van der Waals surface area contributed by atoms with E-state index in [0.717, 1.165) is 21.2 Å². The highest BCUT2D eigenvalue weighted by Crippen LogP contribution is 2.33. The highest BCUT2D eigenvalue weighted by Gasteiger charge is 2.50. The molecule has 1 fully saturated rings. The van der Waals surface area contributed by atoms with Gasteiger partial charge in [-0.05, 0) is 34.9 Å². The van der Waals surface area contributed by atoms with E-state index in [-0.39, 0.29) is 13.1 Å². The summed E-state index contributed by atoms with van der Waals surface area (Å²) in [6, 6.07) is 19.8. The van der Waals surface area contributed by atoms with Gasteiger partial charge in [0.1, 0.15) is 12.1 Å². The Morgan fingerprint density at radius 2 is 1.73 bits per heavy atom. The lowest BCUT2D eigenvalue weighted by Gasteiger charge is -2.24. The number of nitrogens with zero attached hydrogens (tertiary/aromatic N) is 1. The Kier molecular flexibility index (Phi) is 5.18. The monoisotopic (exact) mass is 421 g/mol. The maximum Gasteiger partial charge on any atom is 0.325 e. The van der Waals surface area contributed by atoms with E-state index in [1.165, 1.54) is 0 Å². The molecule has 1 saturated heterocycles. The highest BCUT2D eigenvalue weighted by atomic mass is 35.5. The SMILES string of the molecule is CC1(c2cccc3ccccc23)NC(=O)N(CC(=O)NCc2ccccc2Cl)C1=O. The van der Waals surface area contributed by atoms with Crippen molar-refractivity contribution < 1.29 is 14.4 Å². The molecule has 1 heterocycles. The summed E-state index contributed by atoms with van der Waals surface area (Å²) < 4.78 is 0. The molecule has 0 aromatic heterocycles. The zero-order valence-electron chi connectivity index (χ0n) is 16.3. The predicted octanol–water partition coefficient (Wildman–Crippen LogP) is 3.58. The molecule has 4 amide bonds. The molecule has 4 rings (SSSR count). The number of carbonyl (C=O) groups excluding carboxylic acids is 3. The van der Waals surface area contributed by atoms with Crippen molar-refractivity contribution in [1.29, 1.82) is 0 Å². The third-order valence-electron chi connectivity index (χ3n) is 5.34. The van der Waals surface area contributed by atoms with Crippen molar-refractivity contribution in [2.75, 3.05) is 6.54 Å². The van der Waals surface area contributed by atoms with Gasteiger partial charge in [0.25, 0.3) is 5.91 Å². The van der Waals surface area contributed by atoms with E-state index in [1.807, 2.05) is 48.5 Å². The van der Waals surface area contributed by atoms with Crippen LogP contribution in [0, 0.1) is 0 Å². The van der Waals surface area contributed by atoms with E-state index in [2.05, 4.69) is 10.6 Å². The summed E-state index contributed by atoms with van der Waals surface area (Å²) in [5.74, 6) is -0.905. The molecule has 30 heavy (non-hydrogen) atoms. The number of benzene rings is 3. The Morgan fingerprint density at radius 3 is 2.53 bits per heavy atom. The smallest absolute Gasteiger partial charge is 0.325 e. The van der Waals surface area contributed by atoms with E-state index in [1.54, 1.807) is 25.1 Å². The van der Waals surface area contributed by atoms with Crippen molar-refractivity contribution in [1.82, 2.24) is 15.5 Å². The fraction of sp³-hybridized carbons (Fsp3) is 0.174. The minimum Gasteiger partial charge on any atom is -0.350 e. The zero-order valence-corrected chi connectivity index (χ0v) is 17.1. The Morgan fingerprint density at radius 1 is 1.03 bits per heavy atom. The molecule has 6 nitrogen and oxygen atoms in total. The first kappa shape index (κ1) is 19.9. The molecular formula is C23H20ClN3O3. The summed E-state index contributed by atoms with van der Waals surface area (Å²) in [6.45, 7) is 1.51. The second-order valence-corrected chi connectivity index (χ2v) is 7.75. The summed E-state index contributed by atoms with van der Waals surface area (Å²) in [7, 11) is 0. The molecular weight excluding hydrogens is 402 g/mol. The van der Waals surface area contributed by atoms with Gasteiger partial charge in [0.15, 0.2) is 0 Å². The highest BCUT2D eigenvalue weighted by molar-refractivity contribution is 6.31. The first-order valence-corrected chi connectivity index (χ1v) is 9.90. The van der Waals surface area contributed by atoms with Gasteiger partial charge >= 0.3 is 6.03 Å². The first-order valence-electron chi connectivity index (χ1n) is 9.52. The van der Waals surface area contributed by atoms with Crippen LogP contribution in [-0.4, -0.2) is 29.3 Å². The van der Waals surface area contributed by atoms with E-state index >= 15 is 0 Å². The van der Waals surface area contributed by atoms with Crippen LogP contribution < -0.4 is 10.6 Å². The topological polar surface area (TPSA) is 78.5 Å². The van der Waals surface area contributed by atoms with Crippen molar-refractivity contribution in [3.05, 3.63) is 82.9 Å². The van der Waals surface area contributed by atoms with Crippen LogP contribution in [0.1, 0.15) is 18.1 Å².